The highest BCUT2D eigenvalue weighted by Gasteiger charge is 2.18. The molecule has 0 bridgehead atoms. The topological polar surface area (TPSA) is 83.6 Å². The fourth-order valence-corrected chi connectivity index (χ4v) is 3.84. The van der Waals surface area contributed by atoms with Gasteiger partial charge in [-0.3, -0.25) is 0 Å². The van der Waals surface area contributed by atoms with Crippen molar-refractivity contribution in [2.45, 2.75) is 11.8 Å². The minimum atomic E-state index is -3.64. The second kappa shape index (κ2) is 7.17. The lowest BCUT2D eigenvalue weighted by Gasteiger charge is -2.18. The molecule has 0 aromatic heterocycles. The normalized spacial score (nSPS) is 12.5. The van der Waals surface area contributed by atoms with E-state index in [1.807, 2.05) is 0 Å². The Morgan fingerprint density at radius 2 is 1.86 bits per heavy atom. The molecule has 0 saturated heterocycles. The van der Waals surface area contributed by atoms with Gasteiger partial charge in [0.1, 0.15) is 0 Å². The van der Waals surface area contributed by atoms with E-state index in [2.05, 4.69) is 11.3 Å². The molecule has 1 aromatic carbocycles. The summed E-state index contributed by atoms with van der Waals surface area (Å²) in [5, 5.41) is 0. The van der Waals surface area contributed by atoms with Crippen LogP contribution < -0.4 is 4.72 Å². The molecule has 6 nitrogen and oxygen atoms in total. The first-order valence-corrected chi connectivity index (χ1v) is 9.63. The number of nitrogens with zero attached hydrogens (tertiary/aromatic N) is 1. The molecule has 118 valence electrons. The molecular formula is C13H20N2O4S2. The smallest absolute Gasteiger partial charge is 0.212 e. The highest BCUT2D eigenvalue weighted by atomic mass is 32.2. The molecule has 0 aliphatic carbocycles. The van der Waals surface area contributed by atoms with Gasteiger partial charge in [-0.25, -0.2) is 21.6 Å². The van der Waals surface area contributed by atoms with E-state index in [9.17, 15) is 16.8 Å². The van der Waals surface area contributed by atoms with Crippen molar-refractivity contribution in [3.8, 4) is 0 Å². The van der Waals surface area contributed by atoms with Crippen molar-refractivity contribution in [3.05, 3.63) is 42.5 Å². The molecule has 1 N–H and O–H groups in total. The van der Waals surface area contributed by atoms with Crippen molar-refractivity contribution < 1.29 is 16.8 Å². The van der Waals surface area contributed by atoms with Gasteiger partial charge in [-0.15, -0.1) is 6.58 Å². The molecule has 21 heavy (non-hydrogen) atoms. The third-order valence-corrected chi connectivity index (χ3v) is 5.73. The average Bonchev–Trinajstić information content (AvgIpc) is 2.36. The van der Waals surface area contributed by atoms with E-state index in [0.717, 1.165) is 10.6 Å². The van der Waals surface area contributed by atoms with Gasteiger partial charge in [-0.05, 0) is 18.6 Å². The number of nitrogens with one attached hydrogen (secondary N) is 1. The Hall–Kier alpha value is -1.22. The summed E-state index contributed by atoms with van der Waals surface area (Å²) in [7, 11) is -7.03. The molecule has 0 unspecified atom stereocenters. The summed E-state index contributed by atoms with van der Waals surface area (Å²) in [5.41, 5.74) is 0.635. The highest BCUT2D eigenvalue weighted by Crippen LogP contribution is 2.13. The van der Waals surface area contributed by atoms with E-state index < -0.39 is 20.0 Å². The van der Waals surface area contributed by atoms with Crippen molar-refractivity contribution in [3.63, 3.8) is 0 Å². The minimum Gasteiger partial charge on any atom is -0.212 e. The zero-order valence-corrected chi connectivity index (χ0v) is 13.7. The van der Waals surface area contributed by atoms with Crippen molar-refractivity contribution in [1.29, 1.82) is 0 Å². The molecule has 0 aliphatic heterocycles. The predicted molar refractivity (Wildman–Crippen MR) is 83.0 cm³/mol. The third-order valence-electron chi connectivity index (χ3n) is 2.84. The standard InChI is InChI=1S/C13H20N2O4S2/c1-4-10-15(20(3,16)17)11-9-14-21(18,19)13-8-6-5-7-12(13)2/h4-8,14H,1,9-11H2,2-3H3. The van der Waals surface area contributed by atoms with Gasteiger partial charge in [0, 0.05) is 19.6 Å². The van der Waals surface area contributed by atoms with Gasteiger partial charge in [-0.1, -0.05) is 24.3 Å². The fourth-order valence-electron chi connectivity index (χ4n) is 1.78. The lowest BCUT2D eigenvalue weighted by molar-refractivity contribution is 0.447. The lowest BCUT2D eigenvalue weighted by atomic mass is 10.2. The van der Waals surface area contributed by atoms with E-state index in [0.29, 0.717) is 5.56 Å². The molecule has 0 atom stereocenters. The Morgan fingerprint density at radius 3 is 2.38 bits per heavy atom. The first-order chi connectivity index (χ1) is 9.68. The summed E-state index contributed by atoms with van der Waals surface area (Å²) in [6, 6.07) is 6.61. The van der Waals surface area contributed by atoms with Crippen molar-refractivity contribution >= 4 is 20.0 Å². The monoisotopic (exact) mass is 332 g/mol. The van der Waals surface area contributed by atoms with Crippen LogP contribution in [0.1, 0.15) is 5.56 Å². The number of hydrogen-bond donors (Lipinski definition) is 1. The van der Waals surface area contributed by atoms with E-state index in [4.69, 9.17) is 0 Å². The van der Waals surface area contributed by atoms with Crippen molar-refractivity contribution in [2.24, 2.45) is 0 Å². The molecule has 8 heteroatoms. The van der Waals surface area contributed by atoms with Crippen LogP contribution in [0, 0.1) is 6.92 Å². The maximum Gasteiger partial charge on any atom is 0.240 e. The molecule has 0 saturated carbocycles. The van der Waals surface area contributed by atoms with E-state index >= 15 is 0 Å². The van der Waals surface area contributed by atoms with Crippen LogP contribution in [-0.2, 0) is 20.0 Å². The van der Waals surface area contributed by atoms with Crippen LogP contribution in [0.3, 0.4) is 0 Å². The van der Waals surface area contributed by atoms with Crippen LogP contribution in [0.5, 0.6) is 0 Å². The quantitative estimate of drug-likeness (QED) is 0.711. The fraction of sp³-hybridized carbons (Fsp3) is 0.385. The van der Waals surface area contributed by atoms with E-state index in [1.54, 1.807) is 25.1 Å². The summed E-state index contributed by atoms with van der Waals surface area (Å²) in [5.74, 6) is 0. The molecule has 1 rings (SSSR count). The summed E-state index contributed by atoms with van der Waals surface area (Å²) >= 11 is 0. The Labute approximate surface area is 126 Å². The SMILES string of the molecule is C=CCN(CCNS(=O)(=O)c1ccccc1C)S(C)(=O)=O. The number of sulfonamides is 2. The largest absolute Gasteiger partial charge is 0.240 e. The van der Waals surface area contributed by atoms with Crippen LogP contribution in [0.2, 0.25) is 0 Å². The maximum atomic E-state index is 12.1. The van der Waals surface area contributed by atoms with Gasteiger partial charge in [0.2, 0.25) is 20.0 Å². The van der Waals surface area contributed by atoms with Crippen LogP contribution in [0.25, 0.3) is 0 Å². The maximum absolute atomic E-state index is 12.1. The summed E-state index contributed by atoms with van der Waals surface area (Å²) in [6.45, 7) is 5.38. The van der Waals surface area contributed by atoms with Crippen LogP contribution in [0.4, 0.5) is 0 Å². The third kappa shape index (κ3) is 5.24. The van der Waals surface area contributed by atoms with E-state index in [-0.39, 0.29) is 24.5 Å². The van der Waals surface area contributed by atoms with Gasteiger partial charge in [-0.2, -0.15) is 4.31 Å². The molecule has 0 aliphatic rings. The van der Waals surface area contributed by atoms with Crippen LogP contribution in [-0.4, -0.2) is 47.0 Å². The number of benzene rings is 1. The molecular weight excluding hydrogens is 312 g/mol. The zero-order chi connectivity index (χ0) is 16.1. The molecule has 0 heterocycles. The Kier molecular flexibility index (Phi) is 6.09. The Morgan fingerprint density at radius 1 is 1.24 bits per heavy atom. The average molecular weight is 332 g/mol. The summed E-state index contributed by atoms with van der Waals surface area (Å²) in [4.78, 5) is 0.194. The van der Waals surface area contributed by atoms with Gasteiger partial charge < -0.3 is 0 Å². The van der Waals surface area contributed by atoms with Gasteiger partial charge >= 0.3 is 0 Å². The van der Waals surface area contributed by atoms with Crippen LogP contribution >= 0.6 is 0 Å². The summed E-state index contributed by atoms with van der Waals surface area (Å²) in [6.07, 6.45) is 2.53. The van der Waals surface area contributed by atoms with Crippen molar-refractivity contribution in [2.75, 3.05) is 25.9 Å². The highest BCUT2D eigenvalue weighted by molar-refractivity contribution is 7.89. The number of aryl methyl sites for hydroxylation is 1. The number of hydrogen-bond acceptors (Lipinski definition) is 4. The van der Waals surface area contributed by atoms with Gasteiger partial charge in [0.05, 0.1) is 11.2 Å². The lowest BCUT2D eigenvalue weighted by Crippen LogP contribution is -2.38. The first kappa shape index (κ1) is 17.8. The van der Waals surface area contributed by atoms with Crippen molar-refractivity contribution in [1.82, 2.24) is 9.03 Å². The van der Waals surface area contributed by atoms with Gasteiger partial charge in [0.15, 0.2) is 0 Å². The molecule has 0 spiro atoms. The second-order valence-electron chi connectivity index (χ2n) is 4.57. The first-order valence-electron chi connectivity index (χ1n) is 6.30. The van der Waals surface area contributed by atoms with E-state index in [1.165, 1.54) is 12.1 Å². The second-order valence-corrected chi connectivity index (χ2v) is 8.29. The predicted octanol–water partition coefficient (Wildman–Crippen LogP) is 0.721. The number of rotatable bonds is 8. The molecule has 0 radical (unpaired) electrons. The Balaban J connectivity index is 2.75. The van der Waals surface area contributed by atoms with Gasteiger partial charge in [0.25, 0.3) is 0 Å². The molecule has 0 fully saturated rings. The zero-order valence-electron chi connectivity index (χ0n) is 12.1. The molecule has 1 aromatic rings. The minimum absolute atomic E-state index is 0.00240. The molecule has 0 amide bonds. The Bertz CT molecular complexity index is 697. The summed E-state index contributed by atoms with van der Waals surface area (Å²) < 4.78 is 50.9. The van der Waals surface area contributed by atoms with Crippen LogP contribution in [0.15, 0.2) is 41.8 Å².